The first kappa shape index (κ1) is 9.78. The van der Waals surface area contributed by atoms with Gasteiger partial charge in [-0.15, -0.1) is 0 Å². The number of hydrogen-bond acceptors (Lipinski definition) is 2. The molecule has 0 aromatic heterocycles. The summed E-state index contributed by atoms with van der Waals surface area (Å²) in [5.74, 6) is 0.643. The minimum absolute atomic E-state index is 0.0288. The van der Waals surface area contributed by atoms with Crippen LogP contribution >= 0.6 is 0 Å². The van der Waals surface area contributed by atoms with Crippen LogP contribution in [0.25, 0.3) is 0 Å². The van der Waals surface area contributed by atoms with Crippen molar-refractivity contribution in [2.45, 2.75) is 20.3 Å². The van der Waals surface area contributed by atoms with Crippen molar-refractivity contribution in [3.8, 4) is 0 Å². The molecule has 2 heteroatoms. The summed E-state index contributed by atoms with van der Waals surface area (Å²) in [5.41, 5.74) is 1.55. The molecule has 1 aliphatic rings. The van der Waals surface area contributed by atoms with Gasteiger partial charge in [0.25, 0.3) is 0 Å². The van der Waals surface area contributed by atoms with Crippen LogP contribution in [-0.2, 0) is 9.53 Å². The van der Waals surface area contributed by atoms with Crippen LogP contribution in [0.5, 0.6) is 0 Å². The van der Waals surface area contributed by atoms with Crippen molar-refractivity contribution in [1.82, 2.24) is 0 Å². The second kappa shape index (κ2) is 4.08. The summed E-state index contributed by atoms with van der Waals surface area (Å²) in [6.45, 7) is 7.80. The van der Waals surface area contributed by atoms with E-state index in [1.54, 1.807) is 0 Å². The molecule has 0 amide bonds. The highest BCUT2D eigenvalue weighted by Gasteiger charge is 2.18. The van der Waals surface area contributed by atoms with Crippen LogP contribution in [0.15, 0.2) is 35.6 Å². The Morgan fingerprint density at radius 2 is 2.31 bits per heavy atom. The minimum Gasteiger partial charge on any atom is -0.492 e. The molecule has 0 aromatic carbocycles. The van der Waals surface area contributed by atoms with Gasteiger partial charge in [0.2, 0.25) is 0 Å². The maximum Gasteiger partial charge on any atom is 0.162 e. The number of allylic oxidation sites excluding steroid dienone is 3. The molecular weight excluding hydrogens is 164 g/mol. The van der Waals surface area contributed by atoms with Crippen molar-refractivity contribution in [3.05, 3.63) is 35.6 Å². The van der Waals surface area contributed by atoms with Gasteiger partial charge < -0.3 is 4.74 Å². The van der Waals surface area contributed by atoms with Gasteiger partial charge in [-0.25, -0.2) is 0 Å². The summed E-state index contributed by atoms with van der Waals surface area (Å²) in [7, 11) is 0. The highest BCUT2D eigenvalue weighted by Crippen LogP contribution is 2.25. The SMILES string of the molecule is C=C(C(C)=O)C1=C(/C=C\C)CCO1. The van der Waals surface area contributed by atoms with E-state index in [0.29, 0.717) is 17.9 Å². The molecule has 13 heavy (non-hydrogen) atoms. The Labute approximate surface area is 78.6 Å². The smallest absolute Gasteiger partial charge is 0.162 e. The number of rotatable bonds is 3. The topological polar surface area (TPSA) is 26.3 Å². The van der Waals surface area contributed by atoms with Crippen LogP contribution in [0.1, 0.15) is 20.3 Å². The number of ether oxygens (including phenoxy) is 1. The third-order valence-corrected chi connectivity index (χ3v) is 1.98. The van der Waals surface area contributed by atoms with Crippen LogP contribution < -0.4 is 0 Å². The second-order valence-corrected chi connectivity index (χ2v) is 2.99. The van der Waals surface area contributed by atoms with Gasteiger partial charge in [0.1, 0.15) is 5.76 Å². The molecule has 1 aliphatic heterocycles. The third-order valence-electron chi connectivity index (χ3n) is 1.98. The summed E-state index contributed by atoms with van der Waals surface area (Å²) in [4.78, 5) is 11.0. The lowest BCUT2D eigenvalue weighted by Gasteiger charge is -2.04. The van der Waals surface area contributed by atoms with Gasteiger partial charge >= 0.3 is 0 Å². The van der Waals surface area contributed by atoms with Crippen molar-refractivity contribution < 1.29 is 9.53 Å². The van der Waals surface area contributed by atoms with E-state index in [-0.39, 0.29) is 5.78 Å². The van der Waals surface area contributed by atoms with Crippen LogP contribution in [0, 0.1) is 0 Å². The fraction of sp³-hybridized carbons (Fsp3) is 0.364. The van der Waals surface area contributed by atoms with Crippen LogP contribution in [0.3, 0.4) is 0 Å². The molecule has 0 radical (unpaired) electrons. The second-order valence-electron chi connectivity index (χ2n) is 2.99. The van der Waals surface area contributed by atoms with Crippen molar-refractivity contribution in [2.75, 3.05) is 6.61 Å². The van der Waals surface area contributed by atoms with E-state index in [2.05, 4.69) is 6.58 Å². The third kappa shape index (κ3) is 2.08. The van der Waals surface area contributed by atoms with Gasteiger partial charge in [0.05, 0.1) is 12.2 Å². The quantitative estimate of drug-likeness (QED) is 0.620. The first-order chi connectivity index (χ1) is 6.16. The Kier molecular flexibility index (Phi) is 3.07. The van der Waals surface area contributed by atoms with Crippen LogP contribution in [-0.4, -0.2) is 12.4 Å². The zero-order chi connectivity index (χ0) is 9.84. The lowest BCUT2D eigenvalue weighted by molar-refractivity contribution is -0.113. The normalized spacial score (nSPS) is 16.5. The number of Topliss-reactive ketones (excluding diaryl/α,β-unsaturated/α-hetero) is 1. The van der Waals surface area contributed by atoms with Gasteiger partial charge in [-0.05, 0) is 19.4 Å². The van der Waals surface area contributed by atoms with Gasteiger partial charge in [0.15, 0.2) is 5.78 Å². The molecule has 1 rings (SSSR count). The predicted octanol–water partition coefficient (Wildman–Crippen LogP) is 2.38. The fourth-order valence-electron chi connectivity index (χ4n) is 1.27. The standard InChI is InChI=1S/C11H14O2/c1-4-5-10-6-7-13-11(10)8(2)9(3)12/h4-5H,2,6-7H2,1,3H3/b5-4-. The van der Waals surface area contributed by atoms with E-state index < -0.39 is 0 Å². The molecule has 0 unspecified atom stereocenters. The van der Waals surface area contributed by atoms with E-state index >= 15 is 0 Å². The summed E-state index contributed by atoms with van der Waals surface area (Å²) < 4.78 is 5.35. The summed E-state index contributed by atoms with van der Waals surface area (Å²) in [6.07, 6.45) is 4.78. The lowest BCUT2D eigenvalue weighted by Crippen LogP contribution is -2.00. The van der Waals surface area contributed by atoms with Gasteiger partial charge in [-0.3, -0.25) is 4.79 Å². The molecule has 0 atom stereocenters. The van der Waals surface area contributed by atoms with E-state index in [4.69, 9.17) is 4.74 Å². The molecule has 0 N–H and O–H groups in total. The predicted molar refractivity (Wildman–Crippen MR) is 52.2 cm³/mol. The number of carbonyl (C=O) groups excluding carboxylic acids is 1. The van der Waals surface area contributed by atoms with Crippen molar-refractivity contribution in [1.29, 1.82) is 0 Å². The first-order valence-electron chi connectivity index (χ1n) is 4.35. The molecule has 0 saturated heterocycles. The number of ketones is 1. The van der Waals surface area contributed by atoms with E-state index in [0.717, 1.165) is 12.0 Å². The minimum atomic E-state index is -0.0288. The van der Waals surface area contributed by atoms with E-state index in [9.17, 15) is 4.79 Å². The number of hydrogen-bond donors (Lipinski definition) is 0. The van der Waals surface area contributed by atoms with Crippen LogP contribution in [0.4, 0.5) is 0 Å². The molecule has 70 valence electrons. The maximum atomic E-state index is 11.0. The highest BCUT2D eigenvalue weighted by atomic mass is 16.5. The van der Waals surface area contributed by atoms with E-state index in [1.807, 2.05) is 19.1 Å². The molecule has 0 spiro atoms. The van der Waals surface area contributed by atoms with Crippen LogP contribution in [0.2, 0.25) is 0 Å². The Hall–Kier alpha value is -1.31. The monoisotopic (exact) mass is 178 g/mol. The van der Waals surface area contributed by atoms with Gasteiger partial charge in [-0.1, -0.05) is 18.7 Å². The Morgan fingerprint density at radius 3 is 2.85 bits per heavy atom. The lowest BCUT2D eigenvalue weighted by atomic mass is 10.1. The van der Waals surface area contributed by atoms with Gasteiger partial charge in [-0.2, -0.15) is 0 Å². The summed E-state index contributed by atoms with van der Waals surface area (Å²) in [5, 5.41) is 0. The molecular formula is C11H14O2. The van der Waals surface area contributed by atoms with E-state index in [1.165, 1.54) is 6.92 Å². The van der Waals surface area contributed by atoms with Gasteiger partial charge in [0, 0.05) is 6.42 Å². The summed E-state index contributed by atoms with van der Waals surface area (Å²) >= 11 is 0. The molecule has 1 heterocycles. The number of carbonyl (C=O) groups is 1. The highest BCUT2D eigenvalue weighted by molar-refractivity contribution is 5.96. The molecule has 2 nitrogen and oxygen atoms in total. The Bertz CT molecular complexity index is 295. The van der Waals surface area contributed by atoms with Crippen molar-refractivity contribution in [2.24, 2.45) is 0 Å². The zero-order valence-electron chi connectivity index (χ0n) is 8.09. The average Bonchev–Trinajstić information content (AvgIpc) is 2.52. The molecule has 0 aromatic rings. The molecule has 0 saturated carbocycles. The van der Waals surface area contributed by atoms with Crippen molar-refractivity contribution >= 4 is 5.78 Å². The molecule has 0 bridgehead atoms. The Morgan fingerprint density at radius 1 is 1.62 bits per heavy atom. The first-order valence-corrected chi connectivity index (χ1v) is 4.35. The molecule has 0 aliphatic carbocycles. The maximum absolute atomic E-state index is 11.0. The van der Waals surface area contributed by atoms with Crippen molar-refractivity contribution in [3.63, 3.8) is 0 Å². The molecule has 0 fully saturated rings. The average molecular weight is 178 g/mol. The summed E-state index contributed by atoms with van der Waals surface area (Å²) in [6, 6.07) is 0. The largest absolute Gasteiger partial charge is 0.492 e. The zero-order valence-corrected chi connectivity index (χ0v) is 8.09. The Balaban J connectivity index is 2.93. The fourth-order valence-corrected chi connectivity index (χ4v) is 1.27.